The minimum Gasteiger partial charge on any atom is -0.277 e. The van der Waals surface area contributed by atoms with Crippen LogP contribution < -0.4 is 5.43 Å². The van der Waals surface area contributed by atoms with Crippen LogP contribution in [0.4, 0.5) is 5.69 Å². The first-order chi connectivity index (χ1) is 20.3. The SMILES string of the molecule is c1ccc(C(=NNc2ccc3ccc4c(-c5ccc6ccccc6c5)ccc5ccc2c3c54)c2ccccc2)cc1. The Morgan fingerprint density at radius 1 is 0.439 bits per heavy atom. The van der Waals surface area contributed by atoms with E-state index in [1.807, 2.05) is 12.1 Å². The quantitative estimate of drug-likeness (QED) is 0.136. The maximum Gasteiger partial charge on any atom is 0.0977 e. The number of nitrogens with zero attached hydrogens (tertiary/aromatic N) is 1. The Bertz CT molecular complexity index is 2170. The fourth-order valence-corrected chi connectivity index (χ4v) is 6.11. The van der Waals surface area contributed by atoms with E-state index < -0.39 is 0 Å². The second kappa shape index (κ2) is 9.62. The Labute approximate surface area is 238 Å². The second-order valence-electron chi connectivity index (χ2n) is 10.5. The van der Waals surface area contributed by atoms with Crippen molar-refractivity contribution in [3.8, 4) is 11.1 Å². The van der Waals surface area contributed by atoms with Crippen molar-refractivity contribution in [2.24, 2.45) is 5.10 Å². The van der Waals surface area contributed by atoms with Crippen LogP contribution in [-0.2, 0) is 0 Å². The van der Waals surface area contributed by atoms with Crippen molar-refractivity contribution in [2.75, 3.05) is 5.43 Å². The van der Waals surface area contributed by atoms with E-state index in [2.05, 4.69) is 145 Å². The first-order valence-electron chi connectivity index (χ1n) is 14.0. The van der Waals surface area contributed by atoms with Gasteiger partial charge in [-0.2, -0.15) is 5.10 Å². The van der Waals surface area contributed by atoms with Crippen LogP contribution in [-0.4, -0.2) is 5.71 Å². The zero-order valence-corrected chi connectivity index (χ0v) is 22.4. The molecule has 0 spiro atoms. The Balaban J connectivity index is 1.30. The average molecular weight is 523 g/mol. The lowest BCUT2D eigenvalue weighted by molar-refractivity contribution is 1.34. The monoisotopic (exact) mass is 522 g/mol. The molecule has 2 nitrogen and oxygen atoms in total. The molecule has 0 radical (unpaired) electrons. The highest BCUT2D eigenvalue weighted by molar-refractivity contribution is 6.27. The molecule has 0 bridgehead atoms. The summed E-state index contributed by atoms with van der Waals surface area (Å²) in [5.41, 5.74) is 9.99. The van der Waals surface area contributed by atoms with Crippen molar-refractivity contribution in [1.82, 2.24) is 0 Å². The molecule has 41 heavy (non-hydrogen) atoms. The predicted octanol–water partition coefficient (Wildman–Crippen LogP) is 10.3. The maximum absolute atomic E-state index is 4.98. The van der Waals surface area contributed by atoms with Gasteiger partial charge in [0, 0.05) is 16.5 Å². The number of anilines is 1. The third kappa shape index (κ3) is 4.00. The Morgan fingerprint density at radius 3 is 1.73 bits per heavy atom. The van der Waals surface area contributed by atoms with Gasteiger partial charge >= 0.3 is 0 Å². The summed E-state index contributed by atoms with van der Waals surface area (Å²) in [6, 6.07) is 53.9. The third-order valence-electron chi connectivity index (χ3n) is 8.11. The second-order valence-corrected chi connectivity index (χ2v) is 10.5. The van der Waals surface area contributed by atoms with Crippen LogP contribution in [0.25, 0.3) is 54.2 Å². The number of rotatable bonds is 5. The molecular formula is C39H26N2. The highest BCUT2D eigenvalue weighted by atomic mass is 15.3. The van der Waals surface area contributed by atoms with Crippen molar-refractivity contribution in [3.63, 3.8) is 0 Å². The van der Waals surface area contributed by atoms with E-state index in [1.165, 1.54) is 54.2 Å². The van der Waals surface area contributed by atoms with E-state index in [0.29, 0.717) is 0 Å². The van der Waals surface area contributed by atoms with Crippen molar-refractivity contribution >= 4 is 54.5 Å². The van der Waals surface area contributed by atoms with Gasteiger partial charge in [-0.25, -0.2) is 0 Å². The lowest BCUT2D eigenvalue weighted by Gasteiger charge is -2.17. The highest BCUT2D eigenvalue weighted by Crippen LogP contribution is 2.41. The Morgan fingerprint density at radius 2 is 1.00 bits per heavy atom. The predicted molar refractivity (Wildman–Crippen MR) is 175 cm³/mol. The van der Waals surface area contributed by atoms with Gasteiger partial charge in [0.05, 0.1) is 11.4 Å². The smallest absolute Gasteiger partial charge is 0.0977 e. The summed E-state index contributed by atoms with van der Waals surface area (Å²) < 4.78 is 0. The van der Waals surface area contributed by atoms with Crippen molar-refractivity contribution < 1.29 is 0 Å². The number of fused-ring (bicyclic) bond motifs is 1. The van der Waals surface area contributed by atoms with E-state index in [9.17, 15) is 0 Å². The Kier molecular flexibility index (Phi) is 5.49. The third-order valence-corrected chi connectivity index (χ3v) is 8.11. The van der Waals surface area contributed by atoms with Gasteiger partial charge in [-0.05, 0) is 61.0 Å². The molecule has 0 aliphatic heterocycles. The van der Waals surface area contributed by atoms with Gasteiger partial charge in [0.1, 0.15) is 0 Å². The molecule has 0 atom stereocenters. The van der Waals surface area contributed by atoms with Gasteiger partial charge in [-0.1, -0.05) is 140 Å². The lowest BCUT2D eigenvalue weighted by Crippen LogP contribution is -2.06. The van der Waals surface area contributed by atoms with Gasteiger partial charge in [0.25, 0.3) is 0 Å². The average Bonchev–Trinajstić information content (AvgIpc) is 3.05. The number of hydrogen-bond donors (Lipinski definition) is 1. The largest absolute Gasteiger partial charge is 0.277 e. The van der Waals surface area contributed by atoms with E-state index >= 15 is 0 Å². The van der Waals surface area contributed by atoms with Crippen molar-refractivity contribution in [1.29, 1.82) is 0 Å². The molecule has 0 aliphatic carbocycles. The molecule has 1 N–H and O–H groups in total. The van der Waals surface area contributed by atoms with E-state index in [4.69, 9.17) is 5.10 Å². The van der Waals surface area contributed by atoms with Crippen molar-refractivity contribution in [3.05, 3.63) is 163 Å². The molecule has 192 valence electrons. The van der Waals surface area contributed by atoms with Gasteiger partial charge < -0.3 is 0 Å². The summed E-state index contributed by atoms with van der Waals surface area (Å²) in [7, 11) is 0. The minimum absolute atomic E-state index is 0.912. The standard InChI is InChI=1S/C39H26N2/c1-3-10-29(11-4-1)39(30-12-5-2-6-13-30)41-40-36-24-20-28-18-22-34-33(21-17-27-19-23-35(36)38(28)37(27)34)32-16-15-26-9-7-8-14-31(26)25-32/h1-25,40H. The van der Waals surface area contributed by atoms with Crippen LogP contribution in [0.15, 0.2) is 157 Å². The Hall–Kier alpha value is -5.47. The van der Waals surface area contributed by atoms with E-state index in [0.717, 1.165) is 22.5 Å². The van der Waals surface area contributed by atoms with Gasteiger partial charge in [0.15, 0.2) is 0 Å². The topological polar surface area (TPSA) is 24.4 Å². The van der Waals surface area contributed by atoms with Gasteiger partial charge in [0.2, 0.25) is 0 Å². The van der Waals surface area contributed by atoms with E-state index in [1.54, 1.807) is 0 Å². The zero-order valence-electron chi connectivity index (χ0n) is 22.4. The fraction of sp³-hybridized carbons (Fsp3) is 0. The van der Waals surface area contributed by atoms with Crippen LogP contribution in [0.2, 0.25) is 0 Å². The van der Waals surface area contributed by atoms with Crippen LogP contribution in [0, 0.1) is 0 Å². The fourth-order valence-electron chi connectivity index (χ4n) is 6.11. The molecule has 0 heterocycles. The first kappa shape index (κ1) is 23.4. The first-order valence-corrected chi connectivity index (χ1v) is 14.0. The summed E-state index contributed by atoms with van der Waals surface area (Å²) in [5.74, 6) is 0. The maximum atomic E-state index is 4.98. The number of benzene rings is 8. The number of nitrogens with one attached hydrogen (secondary N) is 1. The number of hydrogen-bond acceptors (Lipinski definition) is 2. The molecule has 8 aromatic carbocycles. The molecule has 2 heteroatoms. The van der Waals surface area contributed by atoms with Crippen LogP contribution >= 0.6 is 0 Å². The van der Waals surface area contributed by atoms with Gasteiger partial charge in [-0.15, -0.1) is 0 Å². The molecule has 0 unspecified atom stereocenters. The van der Waals surface area contributed by atoms with Crippen LogP contribution in [0.1, 0.15) is 11.1 Å². The molecule has 0 amide bonds. The molecule has 0 fully saturated rings. The normalized spacial score (nSPS) is 11.4. The van der Waals surface area contributed by atoms with Crippen molar-refractivity contribution in [2.45, 2.75) is 0 Å². The molecular weight excluding hydrogens is 496 g/mol. The molecule has 0 saturated carbocycles. The zero-order chi connectivity index (χ0) is 27.2. The molecule has 0 saturated heterocycles. The summed E-state index contributed by atoms with van der Waals surface area (Å²) in [4.78, 5) is 0. The van der Waals surface area contributed by atoms with Crippen LogP contribution in [0.3, 0.4) is 0 Å². The lowest BCUT2D eigenvalue weighted by atomic mass is 9.89. The molecule has 0 aliphatic rings. The molecule has 0 aromatic heterocycles. The summed E-state index contributed by atoms with van der Waals surface area (Å²) in [5, 5.41) is 15.0. The molecule has 8 rings (SSSR count). The minimum atomic E-state index is 0.912. The van der Waals surface area contributed by atoms with E-state index in [-0.39, 0.29) is 0 Å². The number of hydrazone groups is 1. The van der Waals surface area contributed by atoms with Crippen LogP contribution in [0.5, 0.6) is 0 Å². The molecule has 8 aromatic rings. The summed E-state index contributed by atoms with van der Waals surface area (Å²) in [6.45, 7) is 0. The highest BCUT2D eigenvalue weighted by Gasteiger charge is 2.15. The summed E-state index contributed by atoms with van der Waals surface area (Å²) in [6.07, 6.45) is 0. The van der Waals surface area contributed by atoms with Gasteiger partial charge in [-0.3, -0.25) is 5.43 Å². The summed E-state index contributed by atoms with van der Waals surface area (Å²) >= 11 is 0.